The van der Waals surface area contributed by atoms with Crippen molar-refractivity contribution >= 4 is 10.2 Å². The van der Waals surface area contributed by atoms with Gasteiger partial charge in [0.1, 0.15) is 11.5 Å². The van der Waals surface area contributed by atoms with Gasteiger partial charge in [-0.25, -0.2) is 0 Å². The van der Waals surface area contributed by atoms with Gasteiger partial charge in [0.15, 0.2) is 0 Å². The average molecular weight is 272 g/mol. The van der Waals surface area contributed by atoms with E-state index in [4.69, 9.17) is 0 Å². The molecule has 0 unspecified atom stereocenters. The maximum atomic E-state index is 12.5. The molecule has 8 heteroatoms. The quantitative estimate of drug-likeness (QED) is 0.627. The Morgan fingerprint density at radius 1 is 1.29 bits per heavy atom. The number of ether oxygens (including phenoxy) is 1. The van der Waals surface area contributed by atoms with E-state index in [1.165, 1.54) is 0 Å². The second kappa shape index (κ2) is 4.52. The molecule has 0 saturated carbocycles. The zero-order valence-electron chi connectivity index (χ0n) is 8.58. The lowest BCUT2D eigenvalue weighted by molar-refractivity contribution is -0.138. The summed E-state index contributed by atoms with van der Waals surface area (Å²) < 4.78 is 75.4. The second-order valence-electron chi connectivity index (χ2n) is 3.18. The van der Waals surface area contributed by atoms with E-state index in [1.807, 2.05) is 0 Å². The van der Waals surface area contributed by atoms with Crippen LogP contribution in [0.4, 0.5) is 17.1 Å². The summed E-state index contributed by atoms with van der Waals surface area (Å²) in [6, 6.07) is 2.78. The Balaban J connectivity index is 3.34. The molecule has 17 heavy (non-hydrogen) atoms. The van der Waals surface area contributed by atoms with Gasteiger partial charge in [-0.15, -0.1) is 3.89 Å². The van der Waals surface area contributed by atoms with Crippen LogP contribution in [0, 0.1) is 0 Å². The van der Waals surface area contributed by atoms with Crippen molar-refractivity contribution < 1.29 is 30.2 Å². The Morgan fingerprint density at radius 3 is 2.29 bits per heavy atom. The van der Waals surface area contributed by atoms with Crippen LogP contribution in [-0.4, -0.2) is 15.5 Å². The number of hydrogen-bond acceptors (Lipinski definition) is 3. The van der Waals surface area contributed by atoms with Gasteiger partial charge in [-0.2, -0.15) is 21.6 Å². The number of alkyl halides is 3. The number of halogens is 4. The van der Waals surface area contributed by atoms with Gasteiger partial charge >= 0.3 is 16.4 Å². The molecule has 0 amide bonds. The molecule has 3 nitrogen and oxygen atoms in total. The maximum absolute atomic E-state index is 12.5. The van der Waals surface area contributed by atoms with E-state index in [2.05, 4.69) is 4.74 Å². The average Bonchev–Trinajstić information content (AvgIpc) is 2.13. The molecule has 0 spiro atoms. The van der Waals surface area contributed by atoms with Crippen molar-refractivity contribution in [1.82, 2.24) is 0 Å². The van der Waals surface area contributed by atoms with Gasteiger partial charge in [-0.1, -0.05) is 12.1 Å². The topological polar surface area (TPSA) is 43.4 Å². The number of benzene rings is 1. The molecule has 0 fully saturated rings. The molecule has 0 aromatic heterocycles. The lowest BCUT2D eigenvalue weighted by atomic mass is 10.1. The van der Waals surface area contributed by atoms with Crippen molar-refractivity contribution in [1.29, 1.82) is 0 Å². The van der Waals surface area contributed by atoms with Gasteiger partial charge < -0.3 is 4.74 Å². The molecule has 0 aliphatic rings. The molecule has 0 saturated heterocycles. The van der Waals surface area contributed by atoms with Crippen LogP contribution >= 0.6 is 0 Å². The Kier molecular flexibility index (Phi) is 3.65. The SMILES string of the molecule is COc1c(CS(=O)(=O)F)cccc1C(F)(F)F. The second-order valence-corrected chi connectivity index (χ2v) is 4.55. The normalized spacial score (nSPS) is 12.5. The fourth-order valence-electron chi connectivity index (χ4n) is 1.35. The van der Waals surface area contributed by atoms with Gasteiger partial charge in [-0.3, -0.25) is 0 Å². The molecule has 0 bridgehead atoms. The van der Waals surface area contributed by atoms with E-state index in [1.54, 1.807) is 0 Å². The predicted octanol–water partition coefficient (Wildman–Crippen LogP) is 2.51. The first kappa shape index (κ1) is 13.8. The van der Waals surface area contributed by atoms with E-state index in [-0.39, 0.29) is 5.56 Å². The van der Waals surface area contributed by atoms with E-state index in [0.717, 1.165) is 25.3 Å². The largest absolute Gasteiger partial charge is 0.496 e. The van der Waals surface area contributed by atoms with Crippen molar-refractivity contribution in [3.63, 3.8) is 0 Å². The minimum atomic E-state index is -4.92. The van der Waals surface area contributed by atoms with Crippen molar-refractivity contribution in [2.24, 2.45) is 0 Å². The highest BCUT2D eigenvalue weighted by Crippen LogP contribution is 2.38. The molecule has 0 aliphatic carbocycles. The van der Waals surface area contributed by atoms with Crippen LogP contribution in [0.5, 0.6) is 5.75 Å². The monoisotopic (exact) mass is 272 g/mol. The molecule has 1 aromatic rings. The van der Waals surface area contributed by atoms with Crippen LogP contribution in [0.3, 0.4) is 0 Å². The summed E-state index contributed by atoms with van der Waals surface area (Å²) in [4.78, 5) is 0. The first-order valence-electron chi connectivity index (χ1n) is 4.30. The Labute approximate surface area is 95.2 Å². The smallest absolute Gasteiger partial charge is 0.419 e. The third-order valence-electron chi connectivity index (χ3n) is 1.93. The first-order chi connectivity index (χ1) is 7.65. The third-order valence-corrected chi connectivity index (χ3v) is 2.59. The number of rotatable bonds is 3. The van der Waals surface area contributed by atoms with Gasteiger partial charge in [0, 0.05) is 5.56 Å². The Bertz CT molecular complexity index is 507. The lowest BCUT2D eigenvalue weighted by Gasteiger charge is -2.14. The van der Waals surface area contributed by atoms with E-state index in [0.29, 0.717) is 0 Å². The Morgan fingerprint density at radius 2 is 1.88 bits per heavy atom. The zero-order valence-corrected chi connectivity index (χ0v) is 9.40. The molecule has 96 valence electrons. The van der Waals surface area contributed by atoms with Crippen molar-refractivity contribution in [2.75, 3.05) is 7.11 Å². The van der Waals surface area contributed by atoms with Crippen LogP contribution in [0.2, 0.25) is 0 Å². The highest BCUT2D eigenvalue weighted by molar-refractivity contribution is 7.85. The molecule has 0 N–H and O–H groups in total. The number of para-hydroxylation sites is 1. The van der Waals surface area contributed by atoms with E-state index < -0.39 is 33.5 Å². The standard InChI is InChI=1S/C9H8F4O3S/c1-16-8-6(5-17(13,14)15)3-2-4-7(8)9(10,11)12/h2-4H,5H2,1H3. The van der Waals surface area contributed by atoms with Crippen LogP contribution in [0.15, 0.2) is 18.2 Å². The minimum absolute atomic E-state index is 0.371. The van der Waals surface area contributed by atoms with Gasteiger partial charge in [0.25, 0.3) is 0 Å². The summed E-state index contributed by atoms with van der Waals surface area (Å²) in [5, 5.41) is 0. The molecular formula is C9H8F4O3S. The summed E-state index contributed by atoms with van der Waals surface area (Å²) in [6.45, 7) is 0. The van der Waals surface area contributed by atoms with Crippen molar-refractivity contribution in [2.45, 2.75) is 11.9 Å². The summed E-state index contributed by atoms with van der Waals surface area (Å²) in [5.41, 5.74) is -1.51. The molecule has 0 atom stereocenters. The minimum Gasteiger partial charge on any atom is -0.496 e. The summed E-state index contributed by atoms with van der Waals surface area (Å²) in [6.07, 6.45) is -4.69. The molecule has 1 aromatic carbocycles. The Hall–Kier alpha value is -1.31. The third kappa shape index (κ3) is 3.58. The molecular weight excluding hydrogens is 264 g/mol. The molecule has 0 heterocycles. The zero-order chi connectivity index (χ0) is 13.3. The van der Waals surface area contributed by atoms with Crippen molar-refractivity contribution in [3.05, 3.63) is 29.3 Å². The van der Waals surface area contributed by atoms with Crippen molar-refractivity contribution in [3.8, 4) is 5.75 Å². The van der Waals surface area contributed by atoms with Crippen LogP contribution in [0.1, 0.15) is 11.1 Å². The highest BCUT2D eigenvalue weighted by atomic mass is 32.3. The fourth-order valence-corrected chi connectivity index (χ4v) is 1.95. The maximum Gasteiger partial charge on any atom is 0.419 e. The predicted molar refractivity (Wildman–Crippen MR) is 51.7 cm³/mol. The first-order valence-corrected chi connectivity index (χ1v) is 5.86. The van der Waals surface area contributed by atoms with Crippen LogP contribution < -0.4 is 4.74 Å². The van der Waals surface area contributed by atoms with E-state index in [9.17, 15) is 25.5 Å². The lowest BCUT2D eigenvalue weighted by Crippen LogP contribution is -2.10. The highest BCUT2D eigenvalue weighted by Gasteiger charge is 2.35. The molecule has 1 rings (SSSR count). The van der Waals surface area contributed by atoms with E-state index >= 15 is 0 Å². The number of methoxy groups -OCH3 is 1. The van der Waals surface area contributed by atoms with Crippen LogP contribution in [0.25, 0.3) is 0 Å². The number of hydrogen-bond donors (Lipinski definition) is 0. The van der Waals surface area contributed by atoms with Gasteiger partial charge in [0.2, 0.25) is 0 Å². The summed E-state index contributed by atoms with van der Waals surface area (Å²) in [7, 11) is -3.96. The molecule has 0 radical (unpaired) electrons. The van der Waals surface area contributed by atoms with Crippen LogP contribution in [-0.2, 0) is 22.2 Å². The summed E-state index contributed by atoms with van der Waals surface area (Å²) >= 11 is 0. The van der Waals surface area contributed by atoms with Gasteiger partial charge in [-0.05, 0) is 6.07 Å². The van der Waals surface area contributed by atoms with Gasteiger partial charge in [0.05, 0.1) is 12.7 Å². The fraction of sp³-hybridized carbons (Fsp3) is 0.333. The molecule has 0 aliphatic heterocycles. The summed E-state index contributed by atoms with van der Waals surface area (Å²) in [5.74, 6) is -1.83.